The molecule has 2 atom stereocenters. The fourth-order valence-electron chi connectivity index (χ4n) is 3.04. The number of anilines is 1. The molecule has 1 heterocycles. The van der Waals surface area contributed by atoms with Crippen LogP contribution in [-0.2, 0) is 9.59 Å². The highest BCUT2D eigenvalue weighted by molar-refractivity contribution is 8.02. The van der Waals surface area contributed by atoms with Crippen molar-refractivity contribution < 1.29 is 9.59 Å². The lowest BCUT2D eigenvalue weighted by molar-refractivity contribution is -0.130. The maximum atomic E-state index is 12.9. The Bertz CT molecular complexity index is 849. The first-order valence-corrected chi connectivity index (χ1v) is 9.10. The SMILES string of the molecule is Cc1ccc(C(C)NC(=O)C2(C)Sc3ccccc3NC2=O)c(C)c1. The number of fused-ring (bicyclic) bond motifs is 1. The first kappa shape index (κ1) is 17.5. The Hall–Kier alpha value is -2.27. The molecule has 4 nitrogen and oxygen atoms in total. The Kier molecular flexibility index (Phi) is 4.60. The van der Waals surface area contributed by atoms with Crippen LogP contribution in [0.3, 0.4) is 0 Å². The standard InChI is InChI=1S/C20H22N2O2S/c1-12-9-10-15(13(2)11-12)14(3)21-18(23)20(4)19(24)22-16-7-5-6-8-17(16)25-20/h5-11,14H,1-4H3,(H,21,23)(H,22,24). The van der Waals surface area contributed by atoms with Crippen molar-refractivity contribution in [1.29, 1.82) is 0 Å². The minimum atomic E-state index is -1.19. The van der Waals surface area contributed by atoms with Crippen LogP contribution in [0.2, 0.25) is 0 Å². The minimum Gasteiger partial charge on any atom is -0.348 e. The second-order valence-electron chi connectivity index (χ2n) is 6.64. The lowest BCUT2D eigenvalue weighted by Gasteiger charge is -2.33. The average molecular weight is 354 g/mol. The number of hydrogen-bond acceptors (Lipinski definition) is 3. The molecule has 0 bridgehead atoms. The molecule has 1 aliphatic rings. The van der Waals surface area contributed by atoms with Gasteiger partial charge >= 0.3 is 0 Å². The number of aryl methyl sites for hydroxylation is 2. The number of benzene rings is 2. The molecule has 2 unspecified atom stereocenters. The van der Waals surface area contributed by atoms with Crippen molar-refractivity contribution in [3.05, 3.63) is 59.2 Å². The molecule has 0 saturated carbocycles. The van der Waals surface area contributed by atoms with Crippen LogP contribution in [0.1, 0.15) is 36.6 Å². The van der Waals surface area contributed by atoms with Gasteiger partial charge in [0, 0.05) is 4.90 Å². The van der Waals surface area contributed by atoms with Crippen molar-refractivity contribution in [2.75, 3.05) is 5.32 Å². The van der Waals surface area contributed by atoms with Crippen LogP contribution >= 0.6 is 11.8 Å². The fourth-order valence-corrected chi connectivity index (χ4v) is 4.15. The van der Waals surface area contributed by atoms with E-state index in [1.807, 2.05) is 57.2 Å². The van der Waals surface area contributed by atoms with Gasteiger partial charge in [0.2, 0.25) is 11.8 Å². The Morgan fingerprint density at radius 2 is 1.92 bits per heavy atom. The predicted octanol–water partition coefficient (Wildman–Crippen LogP) is 3.98. The molecule has 3 rings (SSSR count). The molecule has 2 N–H and O–H groups in total. The van der Waals surface area contributed by atoms with Gasteiger partial charge in [-0.25, -0.2) is 0 Å². The highest BCUT2D eigenvalue weighted by atomic mass is 32.2. The van der Waals surface area contributed by atoms with E-state index >= 15 is 0 Å². The highest BCUT2D eigenvalue weighted by Crippen LogP contribution is 2.42. The maximum absolute atomic E-state index is 12.9. The molecule has 0 spiro atoms. The zero-order valence-corrected chi connectivity index (χ0v) is 15.7. The quantitative estimate of drug-likeness (QED) is 0.820. The Morgan fingerprint density at radius 3 is 2.64 bits per heavy atom. The van der Waals surface area contributed by atoms with Crippen molar-refractivity contribution in [3.8, 4) is 0 Å². The Balaban J connectivity index is 1.81. The lowest BCUT2D eigenvalue weighted by Crippen LogP contribution is -2.52. The van der Waals surface area contributed by atoms with Crippen molar-refractivity contribution in [2.24, 2.45) is 0 Å². The molecule has 2 aromatic carbocycles. The summed E-state index contributed by atoms with van der Waals surface area (Å²) in [6.07, 6.45) is 0. The van der Waals surface area contributed by atoms with Crippen LogP contribution in [0.15, 0.2) is 47.4 Å². The van der Waals surface area contributed by atoms with Gasteiger partial charge < -0.3 is 10.6 Å². The number of nitrogens with one attached hydrogen (secondary N) is 2. The second kappa shape index (κ2) is 6.56. The van der Waals surface area contributed by atoms with Gasteiger partial charge in [-0.05, 0) is 51.0 Å². The summed E-state index contributed by atoms with van der Waals surface area (Å²) < 4.78 is -1.19. The van der Waals surface area contributed by atoms with Crippen LogP contribution in [0.4, 0.5) is 5.69 Å². The first-order chi connectivity index (χ1) is 11.8. The van der Waals surface area contributed by atoms with E-state index in [0.717, 1.165) is 21.7 Å². The zero-order valence-electron chi connectivity index (χ0n) is 14.8. The van der Waals surface area contributed by atoms with Gasteiger partial charge in [0.25, 0.3) is 0 Å². The summed E-state index contributed by atoms with van der Waals surface area (Å²) in [5.41, 5.74) is 4.13. The molecule has 2 amide bonds. The van der Waals surface area contributed by atoms with Gasteiger partial charge in [-0.3, -0.25) is 9.59 Å². The molecule has 1 aliphatic heterocycles. The van der Waals surface area contributed by atoms with E-state index in [9.17, 15) is 9.59 Å². The smallest absolute Gasteiger partial charge is 0.250 e. The topological polar surface area (TPSA) is 58.2 Å². The van der Waals surface area contributed by atoms with Crippen LogP contribution in [0, 0.1) is 13.8 Å². The molecular formula is C20H22N2O2S. The Morgan fingerprint density at radius 1 is 1.20 bits per heavy atom. The van der Waals surface area contributed by atoms with Crippen LogP contribution in [0.25, 0.3) is 0 Å². The summed E-state index contributed by atoms with van der Waals surface area (Å²) in [6.45, 7) is 7.69. The normalized spacial score (nSPS) is 20.4. The zero-order chi connectivity index (χ0) is 18.2. The molecule has 0 aliphatic carbocycles. The minimum absolute atomic E-state index is 0.171. The number of amides is 2. The van der Waals surface area contributed by atoms with E-state index in [4.69, 9.17) is 0 Å². The fraction of sp³-hybridized carbons (Fsp3) is 0.300. The van der Waals surface area contributed by atoms with E-state index < -0.39 is 4.75 Å². The van der Waals surface area contributed by atoms with Crippen molar-refractivity contribution in [3.63, 3.8) is 0 Å². The Labute approximate surface area is 152 Å². The molecule has 0 radical (unpaired) electrons. The summed E-state index contributed by atoms with van der Waals surface area (Å²) in [4.78, 5) is 26.4. The lowest BCUT2D eigenvalue weighted by atomic mass is 9.99. The van der Waals surface area contributed by atoms with Crippen molar-refractivity contribution in [2.45, 2.75) is 43.4 Å². The van der Waals surface area contributed by atoms with Gasteiger partial charge in [0.05, 0.1) is 11.7 Å². The summed E-state index contributed by atoms with van der Waals surface area (Å²) in [5, 5.41) is 5.85. The van der Waals surface area contributed by atoms with Crippen LogP contribution in [-0.4, -0.2) is 16.6 Å². The van der Waals surface area contributed by atoms with Gasteiger partial charge in [0.1, 0.15) is 0 Å². The van der Waals surface area contributed by atoms with Gasteiger partial charge in [-0.1, -0.05) is 47.7 Å². The molecule has 130 valence electrons. The number of hydrogen-bond donors (Lipinski definition) is 2. The molecule has 0 saturated heterocycles. The first-order valence-electron chi connectivity index (χ1n) is 8.29. The molecule has 0 aromatic heterocycles. The van der Waals surface area contributed by atoms with Crippen LogP contribution < -0.4 is 10.6 Å². The number of carbonyl (C=O) groups excluding carboxylic acids is 2. The monoisotopic (exact) mass is 354 g/mol. The van der Waals surface area contributed by atoms with E-state index in [-0.39, 0.29) is 17.9 Å². The number of carbonyl (C=O) groups is 2. The third-order valence-electron chi connectivity index (χ3n) is 4.56. The average Bonchev–Trinajstić information content (AvgIpc) is 2.55. The predicted molar refractivity (Wildman–Crippen MR) is 102 cm³/mol. The van der Waals surface area contributed by atoms with Crippen molar-refractivity contribution >= 4 is 29.3 Å². The number of thioether (sulfide) groups is 1. The van der Waals surface area contributed by atoms with E-state index in [1.165, 1.54) is 17.3 Å². The van der Waals surface area contributed by atoms with Gasteiger partial charge in [-0.15, -0.1) is 0 Å². The van der Waals surface area contributed by atoms with E-state index in [2.05, 4.69) is 16.7 Å². The maximum Gasteiger partial charge on any atom is 0.250 e. The summed E-state index contributed by atoms with van der Waals surface area (Å²) >= 11 is 1.30. The third kappa shape index (κ3) is 3.29. The molecule has 5 heteroatoms. The molecule has 2 aromatic rings. The van der Waals surface area contributed by atoms with Gasteiger partial charge in [-0.2, -0.15) is 0 Å². The molecular weight excluding hydrogens is 332 g/mol. The second-order valence-corrected chi connectivity index (χ2v) is 8.10. The van der Waals surface area contributed by atoms with E-state index in [1.54, 1.807) is 6.92 Å². The van der Waals surface area contributed by atoms with Crippen LogP contribution in [0.5, 0.6) is 0 Å². The number of para-hydroxylation sites is 1. The highest BCUT2D eigenvalue weighted by Gasteiger charge is 2.46. The number of rotatable bonds is 3. The van der Waals surface area contributed by atoms with E-state index in [0.29, 0.717) is 0 Å². The molecule has 25 heavy (non-hydrogen) atoms. The van der Waals surface area contributed by atoms with Gasteiger partial charge in [0.15, 0.2) is 4.75 Å². The third-order valence-corrected chi connectivity index (χ3v) is 5.91. The largest absolute Gasteiger partial charge is 0.348 e. The summed E-state index contributed by atoms with van der Waals surface area (Å²) in [5.74, 6) is -0.571. The van der Waals surface area contributed by atoms with Crippen molar-refractivity contribution in [1.82, 2.24) is 5.32 Å². The molecule has 0 fully saturated rings. The summed E-state index contributed by atoms with van der Waals surface area (Å²) in [6, 6.07) is 13.5. The summed E-state index contributed by atoms with van der Waals surface area (Å²) in [7, 11) is 0.